The Kier molecular flexibility index (Phi) is 7.38. The molecule has 1 N–H and O–H groups in total. The molecule has 0 aliphatic carbocycles. The van der Waals surface area contributed by atoms with Crippen LogP contribution in [0, 0.1) is 6.92 Å². The number of sulfonamides is 1. The van der Waals surface area contributed by atoms with Crippen LogP contribution in [-0.2, 0) is 21.2 Å². The van der Waals surface area contributed by atoms with Gasteiger partial charge in [-0.1, -0.05) is 19.1 Å². The SMILES string of the molecule is CCC(=O)N1c2ccc(S(=O)(=O)NCCCN(CC)c3cccc(C)c3)cc2C[C@@H]1C. The third-order valence-electron chi connectivity index (χ3n) is 5.79. The second kappa shape index (κ2) is 9.83. The maximum absolute atomic E-state index is 12.8. The Labute approximate surface area is 186 Å². The van der Waals surface area contributed by atoms with Crippen LogP contribution in [0.1, 0.15) is 44.7 Å². The molecule has 0 unspecified atom stereocenters. The number of hydrogen-bond acceptors (Lipinski definition) is 4. The number of carbonyl (C=O) groups excluding carboxylic acids is 1. The van der Waals surface area contributed by atoms with Gasteiger partial charge in [0.2, 0.25) is 15.9 Å². The molecule has 1 heterocycles. The molecule has 0 saturated heterocycles. The molecule has 0 aromatic heterocycles. The van der Waals surface area contributed by atoms with Crippen molar-refractivity contribution in [3.05, 3.63) is 53.6 Å². The zero-order chi connectivity index (χ0) is 22.6. The summed E-state index contributed by atoms with van der Waals surface area (Å²) in [5.74, 6) is 0.0640. The quantitative estimate of drug-likeness (QED) is 0.597. The monoisotopic (exact) mass is 443 g/mol. The first-order valence-electron chi connectivity index (χ1n) is 11.0. The van der Waals surface area contributed by atoms with Gasteiger partial charge in [-0.05, 0) is 75.1 Å². The lowest BCUT2D eigenvalue weighted by Gasteiger charge is -2.23. The zero-order valence-corrected chi connectivity index (χ0v) is 19.7. The number of nitrogens with zero attached hydrogens (tertiary/aromatic N) is 2. The van der Waals surface area contributed by atoms with Crippen molar-refractivity contribution < 1.29 is 13.2 Å². The summed E-state index contributed by atoms with van der Waals surface area (Å²) in [6.07, 6.45) is 1.82. The first-order chi connectivity index (χ1) is 14.8. The van der Waals surface area contributed by atoms with Gasteiger partial charge in [0, 0.05) is 43.5 Å². The minimum absolute atomic E-state index is 0.0509. The largest absolute Gasteiger partial charge is 0.372 e. The van der Waals surface area contributed by atoms with Gasteiger partial charge in [-0.15, -0.1) is 0 Å². The number of amides is 1. The standard InChI is InChI=1S/C24H33N3O3S/c1-5-24(28)27-19(4)16-20-17-22(11-12-23(20)27)31(29,30)25-13-8-14-26(6-2)21-10-7-9-18(3)15-21/h7,9-12,15,17,19,25H,5-6,8,13-14,16H2,1-4H3/t19-/m0/s1. The zero-order valence-electron chi connectivity index (χ0n) is 18.9. The Hall–Kier alpha value is -2.38. The molecule has 1 aliphatic heterocycles. The van der Waals surface area contributed by atoms with Gasteiger partial charge in [0.05, 0.1) is 4.90 Å². The predicted molar refractivity (Wildman–Crippen MR) is 126 cm³/mol. The normalized spacial score (nSPS) is 15.7. The van der Waals surface area contributed by atoms with Crippen LogP contribution >= 0.6 is 0 Å². The van der Waals surface area contributed by atoms with Crippen LogP contribution in [0.25, 0.3) is 0 Å². The number of aryl methyl sites for hydroxylation is 1. The third-order valence-corrected chi connectivity index (χ3v) is 7.25. The van der Waals surface area contributed by atoms with E-state index in [0.717, 1.165) is 30.0 Å². The second-order valence-corrected chi connectivity index (χ2v) is 9.90. The topological polar surface area (TPSA) is 69.7 Å². The van der Waals surface area contributed by atoms with Crippen LogP contribution in [0.4, 0.5) is 11.4 Å². The Bertz CT molecular complexity index is 1040. The van der Waals surface area contributed by atoms with E-state index in [9.17, 15) is 13.2 Å². The fraction of sp³-hybridized carbons (Fsp3) is 0.458. The van der Waals surface area contributed by atoms with E-state index in [2.05, 4.69) is 41.7 Å². The highest BCUT2D eigenvalue weighted by Gasteiger charge is 2.31. The van der Waals surface area contributed by atoms with Crippen molar-refractivity contribution in [2.75, 3.05) is 29.4 Å². The minimum atomic E-state index is -3.59. The van der Waals surface area contributed by atoms with Crippen molar-refractivity contribution in [3.8, 4) is 0 Å². The molecule has 0 bridgehead atoms. The molecular weight excluding hydrogens is 410 g/mol. The highest BCUT2D eigenvalue weighted by molar-refractivity contribution is 7.89. The summed E-state index contributed by atoms with van der Waals surface area (Å²) in [6.45, 7) is 10.0. The van der Waals surface area contributed by atoms with E-state index < -0.39 is 10.0 Å². The molecule has 0 spiro atoms. The Balaban J connectivity index is 1.61. The van der Waals surface area contributed by atoms with E-state index in [1.54, 1.807) is 23.1 Å². The predicted octanol–water partition coefficient (Wildman–Crippen LogP) is 3.88. The molecular formula is C24H33N3O3S. The number of nitrogens with one attached hydrogen (secondary N) is 1. The van der Waals surface area contributed by atoms with E-state index in [-0.39, 0.29) is 16.8 Å². The summed E-state index contributed by atoms with van der Waals surface area (Å²) in [5.41, 5.74) is 4.11. The molecule has 168 valence electrons. The van der Waals surface area contributed by atoms with Crippen molar-refractivity contribution in [2.45, 2.75) is 57.9 Å². The van der Waals surface area contributed by atoms with Gasteiger partial charge in [0.25, 0.3) is 0 Å². The van der Waals surface area contributed by atoms with E-state index in [0.29, 0.717) is 25.8 Å². The Morgan fingerprint density at radius 1 is 1.19 bits per heavy atom. The van der Waals surface area contributed by atoms with Crippen molar-refractivity contribution in [1.82, 2.24) is 4.72 Å². The van der Waals surface area contributed by atoms with Crippen LogP contribution in [0.15, 0.2) is 47.4 Å². The Morgan fingerprint density at radius 3 is 2.65 bits per heavy atom. The number of anilines is 2. The maximum Gasteiger partial charge on any atom is 0.240 e. The van der Waals surface area contributed by atoms with Gasteiger partial charge >= 0.3 is 0 Å². The molecule has 31 heavy (non-hydrogen) atoms. The van der Waals surface area contributed by atoms with E-state index in [1.165, 1.54) is 5.56 Å². The van der Waals surface area contributed by atoms with Gasteiger partial charge in [-0.3, -0.25) is 4.79 Å². The van der Waals surface area contributed by atoms with Gasteiger partial charge < -0.3 is 9.80 Å². The van der Waals surface area contributed by atoms with Crippen LogP contribution in [-0.4, -0.2) is 40.0 Å². The lowest BCUT2D eigenvalue weighted by atomic mass is 10.1. The fourth-order valence-electron chi connectivity index (χ4n) is 4.18. The van der Waals surface area contributed by atoms with Crippen LogP contribution < -0.4 is 14.5 Å². The second-order valence-electron chi connectivity index (χ2n) is 8.13. The lowest BCUT2D eigenvalue weighted by molar-refractivity contribution is -0.118. The summed E-state index contributed by atoms with van der Waals surface area (Å²) in [5, 5.41) is 0. The smallest absolute Gasteiger partial charge is 0.240 e. The van der Waals surface area contributed by atoms with E-state index >= 15 is 0 Å². The molecule has 2 aromatic carbocycles. The van der Waals surface area contributed by atoms with Gasteiger partial charge in [0.1, 0.15) is 0 Å². The van der Waals surface area contributed by atoms with Crippen molar-refractivity contribution in [1.29, 1.82) is 0 Å². The van der Waals surface area contributed by atoms with Crippen LogP contribution in [0.2, 0.25) is 0 Å². The molecule has 1 amide bonds. The van der Waals surface area contributed by atoms with Crippen molar-refractivity contribution in [3.63, 3.8) is 0 Å². The molecule has 1 atom stereocenters. The van der Waals surface area contributed by atoms with Crippen LogP contribution in [0.3, 0.4) is 0 Å². The number of rotatable bonds is 9. The summed E-state index contributed by atoms with van der Waals surface area (Å²) < 4.78 is 28.3. The maximum atomic E-state index is 12.8. The van der Waals surface area contributed by atoms with Crippen LogP contribution in [0.5, 0.6) is 0 Å². The first-order valence-corrected chi connectivity index (χ1v) is 12.5. The number of hydrogen-bond donors (Lipinski definition) is 1. The molecule has 3 rings (SSSR count). The first kappa shape index (κ1) is 23.3. The molecule has 0 saturated carbocycles. The number of carbonyl (C=O) groups is 1. The lowest BCUT2D eigenvalue weighted by Crippen LogP contribution is -2.35. The third kappa shape index (κ3) is 5.28. The summed E-state index contributed by atoms with van der Waals surface area (Å²) >= 11 is 0. The van der Waals surface area contributed by atoms with Crippen molar-refractivity contribution >= 4 is 27.3 Å². The molecule has 1 aliphatic rings. The average molecular weight is 444 g/mol. The fourth-order valence-corrected chi connectivity index (χ4v) is 5.30. The molecule has 0 radical (unpaired) electrons. The molecule has 2 aromatic rings. The summed E-state index contributed by atoms with van der Waals surface area (Å²) in [7, 11) is -3.59. The molecule has 0 fully saturated rings. The highest BCUT2D eigenvalue weighted by Crippen LogP contribution is 2.34. The Morgan fingerprint density at radius 2 is 1.97 bits per heavy atom. The number of benzene rings is 2. The summed E-state index contributed by atoms with van der Waals surface area (Å²) in [6, 6.07) is 13.5. The molecule has 6 nitrogen and oxygen atoms in total. The average Bonchev–Trinajstić information content (AvgIpc) is 3.08. The molecule has 7 heteroatoms. The van der Waals surface area contributed by atoms with E-state index in [1.807, 2.05) is 19.9 Å². The minimum Gasteiger partial charge on any atom is -0.372 e. The number of fused-ring (bicyclic) bond motifs is 1. The van der Waals surface area contributed by atoms with Gasteiger partial charge in [0.15, 0.2) is 0 Å². The van der Waals surface area contributed by atoms with Gasteiger partial charge in [-0.25, -0.2) is 13.1 Å². The summed E-state index contributed by atoms with van der Waals surface area (Å²) in [4.78, 5) is 16.5. The van der Waals surface area contributed by atoms with Gasteiger partial charge in [-0.2, -0.15) is 0 Å². The highest BCUT2D eigenvalue weighted by atomic mass is 32.2. The van der Waals surface area contributed by atoms with Crippen molar-refractivity contribution in [2.24, 2.45) is 0 Å². The van der Waals surface area contributed by atoms with E-state index in [4.69, 9.17) is 0 Å².